The normalized spacial score (nSPS) is 12.6. The van der Waals surface area contributed by atoms with E-state index in [1.54, 1.807) is 12.1 Å². The Morgan fingerprint density at radius 2 is 1.80 bits per heavy atom. The number of para-hydroxylation sites is 1. The minimum atomic E-state index is -0.457. The molecule has 0 unspecified atom stereocenters. The summed E-state index contributed by atoms with van der Waals surface area (Å²) in [6, 6.07) is 15.9. The molecule has 1 aliphatic rings. The number of hydrogen-bond acceptors (Lipinski definition) is 2. The molecule has 0 bridgehead atoms. The summed E-state index contributed by atoms with van der Waals surface area (Å²) >= 11 is 0. The lowest BCUT2D eigenvalue weighted by Gasteiger charge is -2.10. The summed E-state index contributed by atoms with van der Waals surface area (Å²) in [5, 5.41) is 1.22. The number of hydrogen-bond donors (Lipinski definition) is 0. The maximum Gasteiger partial charge on any atom is 0.335 e. The molecule has 4 rings (SSSR count). The van der Waals surface area contributed by atoms with Crippen molar-refractivity contribution in [3.05, 3.63) is 84.6 Å². The lowest BCUT2D eigenvalue weighted by molar-refractivity contribution is -0.128. The molecular weight excluding hydrogens is 310 g/mol. The van der Waals surface area contributed by atoms with Crippen molar-refractivity contribution >= 4 is 29.0 Å². The molecule has 0 N–H and O–H groups in total. The van der Waals surface area contributed by atoms with Gasteiger partial charge in [-0.25, -0.2) is 4.79 Å². The highest BCUT2D eigenvalue weighted by molar-refractivity contribution is 5.95. The Labute approximate surface area is 146 Å². The number of rotatable bonds is 3. The molecule has 3 heteroatoms. The maximum absolute atomic E-state index is 11.3. The van der Waals surface area contributed by atoms with Crippen molar-refractivity contribution in [2.75, 3.05) is 0 Å². The fourth-order valence-electron chi connectivity index (χ4n) is 3.17. The van der Waals surface area contributed by atoms with E-state index in [0.29, 0.717) is 5.75 Å². The minimum absolute atomic E-state index is 0.457. The number of nitrogens with zero attached hydrogens (tertiary/aromatic N) is 1. The third-order valence-electron chi connectivity index (χ3n) is 4.26. The van der Waals surface area contributed by atoms with Crippen LogP contribution in [-0.2, 0) is 4.79 Å². The van der Waals surface area contributed by atoms with Crippen LogP contribution >= 0.6 is 0 Å². The number of carbonyl (C=O) groups is 1. The van der Waals surface area contributed by atoms with Gasteiger partial charge in [0, 0.05) is 22.7 Å². The van der Waals surface area contributed by atoms with Gasteiger partial charge in [0.15, 0.2) is 0 Å². The van der Waals surface area contributed by atoms with E-state index in [1.807, 2.05) is 18.2 Å². The van der Waals surface area contributed by atoms with Crippen LogP contribution in [0.1, 0.15) is 17.7 Å². The van der Waals surface area contributed by atoms with Crippen LogP contribution in [0, 0.1) is 0 Å². The second kappa shape index (κ2) is 6.29. The van der Waals surface area contributed by atoms with E-state index in [4.69, 9.17) is 4.74 Å². The molecule has 1 aromatic heterocycles. The Morgan fingerprint density at radius 1 is 1.04 bits per heavy atom. The molecule has 25 heavy (non-hydrogen) atoms. The van der Waals surface area contributed by atoms with Gasteiger partial charge in [0.05, 0.1) is 11.2 Å². The van der Waals surface area contributed by atoms with Crippen LogP contribution in [0.4, 0.5) is 0 Å². The fraction of sp³-hybridized carbons (Fsp3) is 0.0455. The molecule has 122 valence electrons. The van der Waals surface area contributed by atoms with E-state index < -0.39 is 5.97 Å². The lowest BCUT2D eigenvalue weighted by atomic mass is 10.1. The van der Waals surface area contributed by atoms with Crippen LogP contribution in [-0.4, -0.2) is 10.5 Å². The summed E-state index contributed by atoms with van der Waals surface area (Å²) < 4.78 is 7.40. The van der Waals surface area contributed by atoms with E-state index in [1.165, 1.54) is 10.9 Å². The van der Waals surface area contributed by atoms with Crippen molar-refractivity contribution in [3.63, 3.8) is 0 Å². The molecular formula is C22H17NO2. The van der Waals surface area contributed by atoms with Crippen LogP contribution in [0.5, 0.6) is 5.75 Å². The van der Waals surface area contributed by atoms with Crippen molar-refractivity contribution in [1.82, 2.24) is 4.57 Å². The molecule has 0 aliphatic heterocycles. The average Bonchev–Trinajstić information content (AvgIpc) is 2.79. The first-order chi connectivity index (χ1) is 12.3. The predicted molar refractivity (Wildman–Crippen MR) is 102 cm³/mol. The monoisotopic (exact) mass is 327 g/mol. The standard InChI is InChI=1S/C22H17NO2/c1-2-22(24)25-17-14-12-16(13-15-17)23-20-10-5-3-4-8-18(20)19-9-6-7-11-21(19)23/h2,4-15H,1,3H2. The highest BCUT2D eigenvalue weighted by atomic mass is 16.5. The first-order valence-electron chi connectivity index (χ1n) is 8.19. The van der Waals surface area contributed by atoms with E-state index in [9.17, 15) is 4.79 Å². The Kier molecular flexibility index (Phi) is 3.82. The number of aromatic nitrogens is 1. The predicted octanol–water partition coefficient (Wildman–Crippen LogP) is 5.15. The SMILES string of the molecule is C=CC(=O)Oc1ccc(-n2c3c(c4ccccc42)C=CCC=C3)cc1. The molecule has 0 amide bonds. The van der Waals surface area contributed by atoms with Gasteiger partial charge in [-0.1, -0.05) is 43.0 Å². The van der Waals surface area contributed by atoms with Crippen molar-refractivity contribution in [3.8, 4) is 11.4 Å². The Balaban J connectivity index is 1.87. The van der Waals surface area contributed by atoms with Gasteiger partial charge in [-0.05, 0) is 42.8 Å². The van der Waals surface area contributed by atoms with Gasteiger partial charge in [-0.15, -0.1) is 0 Å². The van der Waals surface area contributed by atoms with Crippen LogP contribution < -0.4 is 4.74 Å². The Morgan fingerprint density at radius 3 is 2.60 bits per heavy atom. The first kappa shape index (κ1) is 15.2. The fourth-order valence-corrected chi connectivity index (χ4v) is 3.17. The van der Waals surface area contributed by atoms with Crippen molar-refractivity contribution in [1.29, 1.82) is 0 Å². The van der Waals surface area contributed by atoms with Crippen LogP contribution in [0.25, 0.3) is 28.7 Å². The maximum atomic E-state index is 11.3. The third-order valence-corrected chi connectivity index (χ3v) is 4.26. The Bertz CT molecular complexity index is 1020. The zero-order valence-corrected chi connectivity index (χ0v) is 13.7. The van der Waals surface area contributed by atoms with Crippen LogP contribution in [0.3, 0.4) is 0 Å². The van der Waals surface area contributed by atoms with Gasteiger partial charge in [-0.2, -0.15) is 0 Å². The molecule has 3 aromatic rings. The van der Waals surface area contributed by atoms with Crippen molar-refractivity contribution in [2.24, 2.45) is 0 Å². The smallest absolute Gasteiger partial charge is 0.335 e. The number of esters is 1. The zero-order valence-electron chi connectivity index (χ0n) is 13.7. The number of benzene rings is 2. The molecule has 1 heterocycles. The molecule has 0 atom stereocenters. The molecule has 0 fully saturated rings. The molecule has 1 aliphatic carbocycles. The third kappa shape index (κ3) is 2.70. The summed E-state index contributed by atoms with van der Waals surface area (Å²) in [5.41, 5.74) is 4.56. The molecule has 0 radical (unpaired) electrons. The van der Waals surface area contributed by atoms with Crippen molar-refractivity contribution < 1.29 is 9.53 Å². The van der Waals surface area contributed by atoms with Crippen molar-refractivity contribution in [2.45, 2.75) is 6.42 Å². The number of allylic oxidation sites excluding steroid dienone is 2. The van der Waals surface area contributed by atoms with Gasteiger partial charge in [-0.3, -0.25) is 0 Å². The Hall–Kier alpha value is -3.33. The molecule has 0 spiro atoms. The first-order valence-corrected chi connectivity index (χ1v) is 8.19. The second-order valence-corrected chi connectivity index (χ2v) is 5.81. The largest absolute Gasteiger partial charge is 0.423 e. The summed E-state index contributed by atoms with van der Waals surface area (Å²) in [6.07, 6.45) is 10.8. The summed E-state index contributed by atoms with van der Waals surface area (Å²) in [4.78, 5) is 11.3. The molecule has 0 saturated heterocycles. The number of fused-ring (bicyclic) bond motifs is 3. The van der Waals surface area contributed by atoms with Gasteiger partial charge in [0.1, 0.15) is 5.75 Å². The lowest BCUT2D eigenvalue weighted by Crippen LogP contribution is -2.03. The minimum Gasteiger partial charge on any atom is -0.423 e. The van der Waals surface area contributed by atoms with Gasteiger partial charge in [0.2, 0.25) is 0 Å². The van der Waals surface area contributed by atoms with Gasteiger partial charge < -0.3 is 9.30 Å². The zero-order chi connectivity index (χ0) is 17.2. The summed E-state index contributed by atoms with van der Waals surface area (Å²) in [7, 11) is 0. The van der Waals surface area contributed by atoms with E-state index >= 15 is 0 Å². The van der Waals surface area contributed by atoms with Crippen LogP contribution in [0.15, 0.2) is 73.3 Å². The highest BCUT2D eigenvalue weighted by Crippen LogP contribution is 2.33. The highest BCUT2D eigenvalue weighted by Gasteiger charge is 2.15. The summed E-state index contributed by atoms with van der Waals surface area (Å²) in [6.45, 7) is 3.41. The average molecular weight is 327 g/mol. The quantitative estimate of drug-likeness (QED) is 0.378. The second-order valence-electron chi connectivity index (χ2n) is 5.81. The van der Waals surface area contributed by atoms with Gasteiger partial charge >= 0.3 is 5.97 Å². The van der Waals surface area contributed by atoms with Crippen LogP contribution in [0.2, 0.25) is 0 Å². The summed E-state index contributed by atoms with van der Waals surface area (Å²) in [5.74, 6) is 0.0488. The molecule has 3 nitrogen and oxygen atoms in total. The number of carbonyl (C=O) groups excluding carboxylic acids is 1. The van der Waals surface area contributed by atoms with E-state index in [-0.39, 0.29) is 0 Å². The van der Waals surface area contributed by atoms with E-state index in [0.717, 1.165) is 29.4 Å². The topological polar surface area (TPSA) is 31.2 Å². The number of ether oxygens (including phenoxy) is 1. The van der Waals surface area contributed by atoms with Gasteiger partial charge in [0.25, 0.3) is 0 Å². The van der Waals surface area contributed by atoms with E-state index in [2.05, 4.69) is 53.6 Å². The molecule has 2 aromatic carbocycles. The molecule has 0 saturated carbocycles.